The molecule has 0 aliphatic heterocycles. The number of aromatic amines is 1. The van der Waals surface area contributed by atoms with Crippen LogP contribution in [0.5, 0.6) is 0 Å². The minimum atomic E-state index is -0.231. The molecule has 2 aromatic heterocycles. The molecule has 0 bridgehead atoms. The average Bonchev–Trinajstić information content (AvgIpc) is 2.49. The topological polar surface area (TPSA) is 71.5 Å². The van der Waals surface area contributed by atoms with Gasteiger partial charge in [-0.2, -0.15) is 5.10 Å². The van der Waals surface area contributed by atoms with Crippen molar-refractivity contribution in [3.63, 3.8) is 0 Å². The van der Waals surface area contributed by atoms with E-state index in [2.05, 4.69) is 20.2 Å². The van der Waals surface area contributed by atoms with Gasteiger partial charge in [0, 0.05) is 12.4 Å². The van der Waals surface area contributed by atoms with Crippen LogP contribution in [-0.4, -0.2) is 20.2 Å². The van der Waals surface area contributed by atoms with Gasteiger partial charge in [-0.05, 0) is 17.7 Å². The predicted octanol–water partition coefficient (Wildman–Crippen LogP) is 1.89. The van der Waals surface area contributed by atoms with Crippen LogP contribution in [0.3, 0.4) is 0 Å². The van der Waals surface area contributed by atoms with E-state index in [1.54, 1.807) is 24.5 Å². The number of rotatable bonds is 2. The number of aromatic nitrogens is 4. The van der Waals surface area contributed by atoms with Crippen LogP contribution in [0.25, 0.3) is 22.6 Å². The van der Waals surface area contributed by atoms with Crippen molar-refractivity contribution in [3.8, 4) is 22.6 Å². The van der Waals surface area contributed by atoms with Gasteiger partial charge in [-0.25, -0.2) is 15.1 Å². The molecule has 0 radical (unpaired) electrons. The fourth-order valence-electron chi connectivity index (χ4n) is 1.78. The molecule has 19 heavy (non-hydrogen) atoms. The number of H-pyrrole nitrogens is 1. The summed E-state index contributed by atoms with van der Waals surface area (Å²) in [6.45, 7) is 0. The number of nitrogens with one attached hydrogen (secondary N) is 1. The van der Waals surface area contributed by atoms with Crippen LogP contribution in [-0.2, 0) is 0 Å². The average molecular weight is 250 g/mol. The highest BCUT2D eigenvalue weighted by Crippen LogP contribution is 2.18. The Morgan fingerprint density at radius 2 is 1.68 bits per heavy atom. The Labute approximate surface area is 109 Å². The Kier molecular flexibility index (Phi) is 2.86. The molecular weight excluding hydrogens is 240 g/mol. The molecule has 3 rings (SSSR count). The van der Waals surface area contributed by atoms with E-state index < -0.39 is 0 Å². The zero-order valence-electron chi connectivity index (χ0n) is 9.95. The lowest BCUT2D eigenvalue weighted by molar-refractivity contribution is 0.979. The summed E-state index contributed by atoms with van der Waals surface area (Å²) >= 11 is 0. The zero-order chi connectivity index (χ0) is 13.1. The first-order valence-corrected chi connectivity index (χ1v) is 5.77. The highest BCUT2D eigenvalue weighted by molar-refractivity contribution is 5.66. The Morgan fingerprint density at radius 1 is 0.947 bits per heavy atom. The second kappa shape index (κ2) is 4.81. The molecule has 1 N–H and O–H groups in total. The third kappa shape index (κ3) is 2.26. The maximum atomic E-state index is 11.8. The summed E-state index contributed by atoms with van der Waals surface area (Å²) in [5.74, 6) is 0.482. The second-order valence-electron chi connectivity index (χ2n) is 3.93. The molecular formula is C14H10N4O. The number of nitrogens with zero attached hydrogens (tertiary/aromatic N) is 3. The van der Waals surface area contributed by atoms with Crippen LogP contribution >= 0.6 is 0 Å². The van der Waals surface area contributed by atoms with E-state index in [-0.39, 0.29) is 5.56 Å². The van der Waals surface area contributed by atoms with Gasteiger partial charge in [0.1, 0.15) is 5.69 Å². The van der Waals surface area contributed by atoms with E-state index in [0.717, 1.165) is 5.56 Å². The summed E-state index contributed by atoms with van der Waals surface area (Å²) in [6, 6.07) is 12.8. The summed E-state index contributed by atoms with van der Waals surface area (Å²) in [4.78, 5) is 20.1. The van der Waals surface area contributed by atoms with Gasteiger partial charge in [-0.15, -0.1) is 0 Å². The van der Waals surface area contributed by atoms with Crippen LogP contribution in [0.15, 0.2) is 59.7 Å². The van der Waals surface area contributed by atoms with Gasteiger partial charge in [0.25, 0.3) is 5.56 Å². The van der Waals surface area contributed by atoms with E-state index in [1.807, 2.05) is 30.3 Å². The van der Waals surface area contributed by atoms with Crippen molar-refractivity contribution in [3.05, 3.63) is 65.2 Å². The summed E-state index contributed by atoms with van der Waals surface area (Å²) in [5, 5.41) is 6.45. The molecule has 92 valence electrons. The highest BCUT2D eigenvalue weighted by atomic mass is 16.1. The molecule has 0 spiro atoms. The quantitative estimate of drug-likeness (QED) is 0.754. The van der Waals surface area contributed by atoms with Gasteiger partial charge in [-0.3, -0.25) is 4.79 Å². The summed E-state index contributed by atoms with van der Waals surface area (Å²) in [5.41, 5.74) is 1.70. The standard InChI is InChI=1S/C14H10N4O/c19-14-11(10-5-2-1-3-6-10)9-12(17-18-14)13-15-7-4-8-16-13/h1-9H,(H,18,19). The molecule has 0 aliphatic rings. The van der Waals surface area contributed by atoms with Gasteiger partial charge in [0.15, 0.2) is 5.82 Å². The molecule has 3 aromatic rings. The molecule has 1 aromatic carbocycles. The highest BCUT2D eigenvalue weighted by Gasteiger charge is 2.08. The van der Waals surface area contributed by atoms with Gasteiger partial charge in [0.05, 0.1) is 5.56 Å². The molecule has 2 heterocycles. The fourth-order valence-corrected chi connectivity index (χ4v) is 1.78. The molecule has 0 unspecified atom stereocenters. The van der Waals surface area contributed by atoms with Crippen molar-refractivity contribution in [2.45, 2.75) is 0 Å². The van der Waals surface area contributed by atoms with Gasteiger partial charge >= 0.3 is 0 Å². The second-order valence-corrected chi connectivity index (χ2v) is 3.93. The Morgan fingerprint density at radius 3 is 2.42 bits per heavy atom. The Bertz CT molecular complexity index is 738. The summed E-state index contributed by atoms with van der Waals surface area (Å²) in [6.07, 6.45) is 3.27. The SMILES string of the molecule is O=c1[nH]nc(-c2ncccn2)cc1-c1ccccc1. The van der Waals surface area contributed by atoms with Crippen molar-refractivity contribution in [1.82, 2.24) is 20.2 Å². The third-order valence-electron chi connectivity index (χ3n) is 2.68. The van der Waals surface area contributed by atoms with E-state index in [0.29, 0.717) is 17.1 Å². The first-order chi connectivity index (χ1) is 9.34. The lowest BCUT2D eigenvalue weighted by Gasteiger charge is -2.02. The molecule has 0 aliphatic carbocycles. The van der Waals surface area contributed by atoms with Crippen LogP contribution < -0.4 is 5.56 Å². The molecule has 5 heteroatoms. The Balaban J connectivity index is 2.15. The predicted molar refractivity (Wildman–Crippen MR) is 71.3 cm³/mol. The van der Waals surface area contributed by atoms with E-state index in [9.17, 15) is 4.79 Å². The molecule has 5 nitrogen and oxygen atoms in total. The van der Waals surface area contributed by atoms with Gasteiger partial charge < -0.3 is 0 Å². The normalized spacial score (nSPS) is 10.3. The summed E-state index contributed by atoms with van der Waals surface area (Å²) < 4.78 is 0. The van der Waals surface area contributed by atoms with Crippen molar-refractivity contribution in [2.24, 2.45) is 0 Å². The van der Waals surface area contributed by atoms with E-state index in [4.69, 9.17) is 0 Å². The first-order valence-electron chi connectivity index (χ1n) is 5.77. The lowest BCUT2D eigenvalue weighted by Crippen LogP contribution is -2.11. The monoisotopic (exact) mass is 250 g/mol. The van der Waals surface area contributed by atoms with Crippen LogP contribution in [0.4, 0.5) is 0 Å². The molecule has 0 atom stereocenters. The van der Waals surface area contributed by atoms with Gasteiger partial charge in [-0.1, -0.05) is 30.3 Å². The van der Waals surface area contributed by atoms with E-state index >= 15 is 0 Å². The van der Waals surface area contributed by atoms with Crippen molar-refractivity contribution >= 4 is 0 Å². The largest absolute Gasteiger partial charge is 0.272 e. The molecule has 0 fully saturated rings. The van der Waals surface area contributed by atoms with Crippen LogP contribution in [0.2, 0.25) is 0 Å². The van der Waals surface area contributed by atoms with Crippen LogP contribution in [0.1, 0.15) is 0 Å². The van der Waals surface area contributed by atoms with E-state index in [1.165, 1.54) is 0 Å². The molecule has 0 saturated heterocycles. The third-order valence-corrected chi connectivity index (χ3v) is 2.68. The van der Waals surface area contributed by atoms with Gasteiger partial charge in [0.2, 0.25) is 0 Å². The number of hydrogen-bond acceptors (Lipinski definition) is 4. The molecule has 0 saturated carbocycles. The number of hydrogen-bond donors (Lipinski definition) is 1. The minimum Gasteiger partial charge on any atom is -0.267 e. The maximum Gasteiger partial charge on any atom is 0.272 e. The number of benzene rings is 1. The van der Waals surface area contributed by atoms with Crippen molar-refractivity contribution < 1.29 is 0 Å². The summed E-state index contributed by atoms with van der Waals surface area (Å²) in [7, 11) is 0. The maximum absolute atomic E-state index is 11.8. The molecule has 0 amide bonds. The van der Waals surface area contributed by atoms with Crippen molar-refractivity contribution in [2.75, 3.05) is 0 Å². The lowest BCUT2D eigenvalue weighted by atomic mass is 10.1. The Hall–Kier alpha value is -2.82. The van der Waals surface area contributed by atoms with Crippen molar-refractivity contribution in [1.29, 1.82) is 0 Å². The van der Waals surface area contributed by atoms with Crippen LogP contribution in [0, 0.1) is 0 Å². The smallest absolute Gasteiger partial charge is 0.267 e. The fraction of sp³-hybridized carbons (Fsp3) is 0. The zero-order valence-corrected chi connectivity index (χ0v) is 9.95. The minimum absolute atomic E-state index is 0.231. The first kappa shape index (κ1) is 11.3.